The lowest BCUT2D eigenvalue weighted by Gasteiger charge is -2.58. The second-order valence-corrected chi connectivity index (χ2v) is 7.16. The number of fused-ring (bicyclic) bond motifs is 1. The van der Waals surface area contributed by atoms with E-state index >= 15 is 0 Å². The van der Waals surface area contributed by atoms with Crippen LogP contribution in [0.4, 0.5) is 0 Å². The molecule has 1 amide bonds. The number of hydrogen-bond acceptors (Lipinski definition) is 4. The third kappa shape index (κ3) is 2.00. The Morgan fingerprint density at radius 2 is 2.24 bits per heavy atom. The van der Waals surface area contributed by atoms with Crippen LogP contribution in [0.25, 0.3) is 10.2 Å². The molecule has 21 heavy (non-hydrogen) atoms. The van der Waals surface area contributed by atoms with Gasteiger partial charge in [-0.15, -0.1) is 11.3 Å². The molecule has 2 aromatic rings. The summed E-state index contributed by atoms with van der Waals surface area (Å²) in [4.78, 5) is 30.6. The molecule has 0 atom stereocenters. The van der Waals surface area contributed by atoms with Crippen LogP contribution in [-0.2, 0) is 17.8 Å². The van der Waals surface area contributed by atoms with Gasteiger partial charge in [-0.25, -0.2) is 4.98 Å². The van der Waals surface area contributed by atoms with Crippen LogP contribution in [0.3, 0.4) is 0 Å². The largest absolute Gasteiger partial charge is 0.351 e. The smallest absolute Gasteiger partial charge is 0.262 e. The van der Waals surface area contributed by atoms with E-state index in [1.54, 1.807) is 11.3 Å². The first-order valence-electron chi connectivity index (χ1n) is 7.43. The number of thiophene rings is 1. The van der Waals surface area contributed by atoms with Crippen molar-refractivity contribution in [1.82, 2.24) is 14.9 Å². The Bertz CT molecular complexity index is 765. The number of rotatable bonds is 4. The van der Waals surface area contributed by atoms with Crippen molar-refractivity contribution in [3.05, 3.63) is 27.6 Å². The van der Waals surface area contributed by atoms with Crippen molar-refractivity contribution < 1.29 is 4.79 Å². The number of carbonyl (C=O) groups excluding carboxylic acids is 1. The Kier molecular flexibility index (Phi) is 2.89. The summed E-state index contributed by atoms with van der Waals surface area (Å²) >= 11 is 1.54. The highest BCUT2D eigenvalue weighted by molar-refractivity contribution is 7.18. The zero-order valence-electron chi connectivity index (χ0n) is 11.8. The number of nitrogens with zero attached hydrogens (tertiary/aromatic N) is 2. The Morgan fingerprint density at radius 3 is 2.86 bits per heavy atom. The predicted octanol–water partition coefficient (Wildman–Crippen LogP) is 1.54. The minimum atomic E-state index is -0.120. The quantitative estimate of drug-likeness (QED) is 0.932. The van der Waals surface area contributed by atoms with E-state index in [0.29, 0.717) is 23.3 Å². The molecular formula is C15H17N3O2S. The fourth-order valence-electron chi connectivity index (χ4n) is 3.21. The van der Waals surface area contributed by atoms with Gasteiger partial charge in [0.15, 0.2) is 0 Å². The number of aromatic nitrogens is 2. The van der Waals surface area contributed by atoms with Crippen LogP contribution >= 0.6 is 11.3 Å². The average Bonchev–Trinajstić information content (AvgIpc) is 2.81. The summed E-state index contributed by atoms with van der Waals surface area (Å²) in [6, 6.07) is 2.25. The lowest BCUT2D eigenvalue weighted by Crippen LogP contribution is -2.63. The Labute approximate surface area is 126 Å². The van der Waals surface area contributed by atoms with Crippen molar-refractivity contribution >= 4 is 27.5 Å². The van der Waals surface area contributed by atoms with Gasteiger partial charge in [0.05, 0.1) is 11.7 Å². The summed E-state index contributed by atoms with van der Waals surface area (Å²) in [5, 5.41) is 3.66. The van der Waals surface area contributed by atoms with Crippen LogP contribution in [0.15, 0.2) is 17.2 Å². The molecule has 2 heterocycles. The monoisotopic (exact) mass is 303 g/mol. The van der Waals surface area contributed by atoms with Crippen molar-refractivity contribution in [3.8, 4) is 0 Å². The molecule has 0 radical (unpaired) electrons. The Hall–Kier alpha value is -1.69. The molecule has 110 valence electrons. The van der Waals surface area contributed by atoms with Crippen LogP contribution in [0.5, 0.6) is 0 Å². The fourth-order valence-corrected chi connectivity index (χ4v) is 4.13. The summed E-state index contributed by atoms with van der Waals surface area (Å²) in [6.45, 7) is 2.12. The molecule has 2 aromatic heterocycles. The highest BCUT2D eigenvalue weighted by Crippen LogP contribution is 2.53. The van der Waals surface area contributed by atoms with Crippen molar-refractivity contribution in [2.75, 3.05) is 0 Å². The normalized spacial score (nSPS) is 26.2. The van der Waals surface area contributed by atoms with Crippen LogP contribution < -0.4 is 10.9 Å². The van der Waals surface area contributed by atoms with Crippen LogP contribution in [-0.4, -0.2) is 21.5 Å². The number of hydrogen-bond donors (Lipinski definition) is 1. The molecule has 0 saturated heterocycles. The first-order valence-corrected chi connectivity index (χ1v) is 8.24. The first kappa shape index (κ1) is 13.0. The summed E-state index contributed by atoms with van der Waals surface area (Å²) in [5.74, 6) is 1.28. The van der Waals surface area contributed by atoms with E-state index in [2.05, 4.69) is 17.2 Å². The summed E-state index contributed by atoms with van der Waals surface area (Å²) in [5.41, 5.74) is -0.120. The molecule has 0 aromatic carbocycles. The molecule has 0 unspecified atom stereocenters. The zero-order chi connectivity index (χ0) is 14.6. The van der Waals surface area contributed by atoms with Gasteiger partial charge in [-0.05, 0) is 37.2 Å². The van der Waals surface area contributed by atoms with E-state index in [4.69, 9.17) is 0 Å². The van der Waals surface area contributed by atoms with Crippen molar-refractivity contribution in [1.29, 1.82) is 0 Å². The van der Waals surface area contributed by atoms with Crippen LogP contribution in [0, 0.1) is 11.8 Å². The van der Waals surface area contributed by atoms with Crippen LogP contribution in [0.2, 0.25) is 0 Å². The molecule has 3 aliphatic carbocycles. The summed E-state index contributed by atoms with van der Waals surface area (Å²) in [7, 11) is 0. The third-order valence-electron chi connectivity index (χ3n) is 4.79. The van der Waals surface area contributed by atoms with Gasteiger partial charge in [-0.2, -0.15) is 0 Å². The lowest BCUT2D eigenvalue weighted by molar-refractivity contribution is -0.129. The minimum Gasteiger partial charge on any atom is -0.351 e. The van der Waals surface area contributed by atoms with Crippen molar-refractivity contribution in [2.45, 2.75) is 38.8 Å². The predicted molar refractivity (Wildman–Crippen MR) is 81.4 cm³/mol. The maximum Gasteiger partial charge on any atom is 0.262 e. The van der Waals surface area contributed by atoms with Crippen molar-refractivity contribution in [2.24, 2.45) is 11.8 Å². The molecule has 6 heteroatoms. The highest BCUT2D eigenvalue weighted by atomic mass is 32.1. The highest BCUT2D eigenvalue weighted by Gasteiger charge is 2.52. The van der Waals surface area contributed by atoms with E-state index in [1.807, 2.05) is 6.07 Å². The topological polar surface area (TPSA) is 64.0 Å². The van der Waals surface area contributed by atoms with E-state index in [9.17, 15) is 9.59 Å². The first-order chi connectivity index (χ1) is 10.2. The second-order valence-electron chi connectivity index (χ2n) is 6.05. The maximum absolute atomic E-state index is 12.4. The van der Waals surface area contributed by atoms with Gasteiger partial charge in [-0.3, -0.25) is 14.2 Å². The van der Waals surface area contributed by atoms with Gasteiger partial charge in [0.25, 0.3) is 5.56 Å². The van der Waals surface area contributed by atoms with Crippen molar-refractivity contribution in [3.63, 3.8) is 0 Å². The van der Waals surface area contributed by atoms with Gasteiger partial charge in [0, 0.05) is 10.9 Å². The number of carbonyl (C=O) groups is 1. The summed E-state index contributed by atoms with van der Waals surface area (Å²) < 4.78 is 1.41. The number of nitrogens with one attached hydrogen (secondary N) is 1. The molecule has 5 nitrogen and oxygen atoms in total. The van der Waals surface area contributed by atoms with E-state index < -0.39 is 0 Å². The van der Waals surface area contributed by atoms with Gasteiger partial charge >= 0.3 is 0 Å². The lowest BCUT2D eigenvalue weighted by atomic mass is 9.52. The van der Waals surface area contributed by atoms with Gasteiger partial charge in [0.2, 0.25) is 5.91 Å². The Morgan fingerprint density at radius 1 is 1.48 bits per heavy atom. The van der Waals surface area contributed by atoms with E-state index in [-0.39, 0.29) is 18.0 Å². The molecular weight excluding hydrogens is 286 g/mol. The number of amides is 1. The molecule has 5 rings (SSSR count). The average molecular weight is 303 g/mol. The maximum atomic E-state index is 12.4. The van der Waals surface area contributed by atoms with Gasteiger partial charge in [0.1, 0.15) is 11.4 Å². The standard InChI is InChI=1S/C15H17N3O2S/c1-2-10-5-11-14(21-10)16-7-18(15(11)20)6-12(19)17-13-8-3-9(13)4-8/h5,7-9,13H,2-4,6H2,1H3,(H,17,19). The van der Waals surface area contributed by atoms with Crippen LogP contribution in [0.1, 0.15) is 24.6 Å². The SMILES string of the molecule is CCc1cc2c(=O)n(CC(=O)NC3C4CC3C4)cnc2s1. The molecule has 3 fully saturated rings. The minimum absolute atomic E-state index is 0.0645. The molecule has 2 bridgehead atoms. The van der Waals surface area contributed by atoms with Gasteiger partial charge in [-0.1, -0.05) is 6.92 Å². The molecule has 3 saturated carbocycles. The molecule has 0 spiro atoms. The number of aryl methyl sites for hydroxylation is 1. The zero-order valence-corrected chi connectivity index (χ0v) is 12.7. The molecule has 0 aliphatic heterocycles. The second kappa shape index (κ2) is 4.66. The Balaban J connectivity index is 1.54. The molecule has 3 aliphatic rings. The van der Waals surface area contributed by atoms with Gasteiger partial charge < -0.3 is 5.32 Å². The fraction of sp³-hybridized carbons (Fsp3) is 0.533. The third-order valence-corrected chi connectivity index (χ3v) is 5.97. The molecule has 1 N–H and O–H groups in total. The van der Waals surface area contributed by atoms with E-state index in [0.717, 1.165) is 16.1 Å². The summed E-state index contributed by atoms with van der Waals surface area (Å²) in [6.07, 6.45) is 4.90. The van der Waals surface area contributed by atoms with E-state index in [1.165, 1.54) is 23.7 Å².